The van der Waals surface area contributed by atoms with Crippen molar-refractivity contribution in [3.63, 3.8) is 0 Å². The number of rotatable bonds is 1. The van der Waals surface area contributed by atoms with Gasteiger partial charge >= 0.3 is 50.2 Å². The minimum atomic E-state index is -4.87. The maximum atomic E-state index is 13.3. The molecule has 5 aromatic carbocycles. The summed E-state index contributed by atoms with van der Waals surface area (Å²) in [6.45, 7) is 7.69. The summed E-state index contributed by atoms with van der Waals surface area (Å²) in [5.74, 6) is 0. The first kappa shape index (κ1) is 34.6. The zero-order valence-corrected chi connectivity index (χ0v) is 29.1. The van der Waals surface area contributed by atoms with Crippen LogP contribution in [0.1, 0.15) is 43.0 Å². The van der Waals surface area contributed by atoms with Crippen LogP contribution < -0.4 is 10.4 Å². The van der Waals surface area contributed by atoms with Gasteiger partial charge in [-0.1, -0.05) is 66.9 Å². The predicted molar refractivity (Wildman–Crippen MR) is 166 cm³/mol. The maximum Gasteiger partial charge on any atom is 0.0920 e. The number of benzene rings is 4. The number of fused-ring (bicyclic) bond motifs is 4. The van der Waals surface area contributed by atoms with Crippen molar-refractivity contribution in [1.29, 1.82) is 0 Å². The average Bonchev–Trinajstić information content (AvgIpc) is 3.55. The summed E-state index contributed by atoms with van der Waals surface area (Å²) < 4.78 is 79.6. The number of aryl methyl sites for hydroxylation is 1. The summed E-state index contributed by atoms with van der Waals surface area (Å²) in [6, 6.07) is 27.2. The molecule has 10 heteroatoms. The molecule has 0 saturated heterocycles. The van der Waals surface area contributed by atoms with Crippen LogP contribution in [0.4, 0.5) is 26.3 Å². The number of hydrogen-bond donors (Lipinski definition) is 0. The maximum absolute atomic E-state index is 13.3. The molecule has 0 fully saturated rings. The van der Waals surface area contributed by atoms with E-state index in [2.05, 4.69) is 42.5 Å². The molecule has 0 atom stereocenters. The van der Waals surface area contributed by atoms with Crippen molar-refractivity contribution in [1.82, 2.24) is 0 Å². The first-order valence-corrected chi connectivity index (χ1v) is 20.7. The molecular formula is C34H26Cl2F6SiZr. The molecule has 0 bridgehead atoms. The van der Waals surface area contributed by atoms with Crippen molar-refractivity contribution in [2.45, 2.75) is 45.5 Å². The Morgan fingerprint density at radius 1 is 0.773 bits per heavy atom. The molecule has 0 spiro atoms. The molecule has 6 rings (SSSR count). The summed E-state index contributed by atoms with van der Waals surface area (Å²) in [5.41, 5.74) is 1.84. The Kier molecular flexibility index (Phi) is 10.7. The van der Waals surface area contributed by atoms with E-state index in [1.165, 1.54) is 21.5 Å². The molecule has 1 aliphatic rings. The topological polar surface area (TPSA) is 0 Å². The zero-order valence-electron chi connectivity index (χ0n) is 24.1. The molecule has 0 nitrogen and oxygen atoms in total. The Morgan fingerprint density at radius 2 is 1.36 bits per heavy atom. The first-order chi connectivity index (χ1) is 20.5. The molecule has 1 heterocycles. The summed E-state index contributed by atoms with van der Waals surface area (Å²) in [7, 11) is 10.7. The van der Waals surface area contributed by atoms with Gasteiger partial charge in [-0.25, -0.2) is 0 Å². The molecule has 0 saturated carbocycles. The number of halogens is 8. The van der Waals surface area contributed by atoms with E-state index in [0.29, 0.717) is 16.5 Å². The SMILES string of the molecule is Cc1ccc2[cH-]c(C(C)(C)C)cc2c1-c1cc(C(F)(F)F)cc(C(F)(F)F)c1.[Cl][Zr+2][Cl].[c-]1cccc2c1[Si]c1ccccc1-2. The van der Waals surface area contributed by atoms with Crippen molar-refractivity contribution < 1.29 is 47.2 Å². The van der Waals surface area contributed by atoms with E-state index in [-0.39, 0.29) is 17.0 Å². The van der Waals surface area contributed by atoms with E-state index in [1.807, 2.05) is 45.0 Å². The number of hydrogen-bond acceptors (Lipinski definition) is 0. The van der Waals surface area contributed by atoms with Crippen LogP contribution in [-0.2, 0) is 38.6 Å². The van der Waals surface area contributed by atoms with E-state index in [9.17, 15) is 26.3 Å². The first-order valence-electron chi connectivity index (χ1n) is 13.4. The summed E-state index contributed by atoms with van der Waals surface area (Å²) in [6.07, 6.45) is -9.75. The second-order valence-corrected chi connectivity index (χ2v) is 16.3. The van der Waals surface area contributed by atoms with Crippen LogP contribution in [-0.4, -0.2) is 9.52 Å². The number of alkyl halides is 6. The molecule has 1 aliphatic heterocycles. The van der Waals surface area contributed by atoms with E-state index in [0.717, 1.165) is 32.6 Å². The quantitative estimate of drug-likeness (QED) is 0.0895. The van der Waals surface area contributed by atoms with Gasteiger partial charge in [0.1, 0.15) is 0 Å². The molecular weight excluding hydrogens is 713 g/mol. The third-order valence-electron chi connectivity index (χ3n) is 7.17. The monoisotopic (exact) mass is 736 g/mol. The van der Waals surface area contributed by atoms with Crippen molar-refractivity contribution >= 4 is 47.7 Å². The Labute approximate surface area is 274 Å². The van der Waals surface area contributed by atoms with Crippen molar-refractivity contribution in [3.05, 3.63) is 113 Å². The van der Waals surface area contributed by atoms with Gasteiger partial charge in [0.2, 0.25) is 0 Å². The third-order valence-corrected chi connectivity index (χ3v) is 8.54. The third kappa shape index (κ3) is 7.93. The molecule has 44 heavy (non-hydrogen) atoms. The fourth-order valence-electron chi connectivity index (χ4n) is 5.03. The fourth-order valence-corrected chi connectivity index (χ4v) is 6.34. The second kappa shape index (κ2) is 13.6. The molecule has 0 amide bonds. The van der Waals surface area contributed by atoms with Crippen LogP contribution in [0, 0.1) is 13.0 Å². The van der Waals surface area contributed by atoms with E-state index in [4.69, 9.17) is 17.0 Å². The van der Waals surface area contributed by atoms with Crippen LogP contribution in [0.5, 0.6) is 0 Å². The Balaban J connectivity index is 0.000000226. The molecule has 5 aromatic rings. The summed E-state index contributed by atoms with van der Waals surface area (Å²) in [4.78, 5) is 0. The van der Waals surface area contributed by atoms with Gasteiger partial charge in [0.05, 0.1) is 20.6 Å². The average molecular weight is 739 g/mol. The van der Waals surface area contributed by atoms with Gasteiger partial charge in [-0.2, -0.15) is 61.9 Å². The Bertz CT molecular complexity index is 1690. The van der Waals surface area contributed by atoms with Crippen LogP contribution in [0.15, 0.2) is 84.9 Å². The van der Waals surface area contributed by atoms with Crippen molar-refractivity contribution in [3.8, 4) is 22.3 Å². The zero-order chi connectivity index (χ0) is 32.4. The summed E-state index contributed by atoms with van der Waals surface area (Å²) in [5, 5.41) is 4.26. The van der Waals surface area contributed by atoms with Gasteiger partial charge in [-0.15, -0.1) is 40.1 Å². The van der Waals surface area contributed by atoms with Gasteiger partial charge in [0, 0.05) is 0 Å². The van der Waals surface area contributed by atoms with E-state index >= 15 is 0 Å². The summed E-state index contributed by atoms with van der Waals surface area (Å²) >= 11 is -0.826. The molecule has 226 valence electrons. The fraction of sp³-hybridized carbons (Fsp3) is 0.206. The molecule has 0 unspecified atom stereocenters. The Morgan fingerprint density at radius 3 is 1.95 bits per heavy atom. The van der Waals surface area contributed by atoms with Crippen molar-refractivity contribution in [2.75, 3.05) is 0 Å². The van der Waals surface area contributed by atoms with Gasteiger partial charge < -0.3 is 0 Å². The normalized spacial score (nSPS) is 12.4. The van der Waals surface area contributed by atoms with E-state index in [1.54, 1.807) is 13.0 Å². The largest absolute Gasteiger partial charge is 0.184 e. The Hall–Kier alpha value is -2.25. The molecule has 0 aromatic heterocycles. The predicted octanol–water partition coefficient (Wildman–Crippen LogP) is 10.4. The smallest absolute Gasteiger partial charge is 0.0920 e. The van der Waals surface area contributed by atoms with Crippen molar-refractivity contribution in [2.24, 2.45) is 0 Å². The van der Waals surface area contributed by atoms with Crippen LogP contribution >= 0.6 is 17.0 Å². The van der Waals surface area contributed by atoms with Crippen LogP contribution in [0.25, 0.3) is 33.0 Å². The minimum Gasteiger partial charge on any atom is -0.184 e. The second-order valence-electron chi connectivity index (χ2n) is 11.2. The van der Waals surface area contributed by atoms with Gasteiger partial charge in [0.25, 0.3) is 0 Å². The van der Waals surface area contributed by atoms with Crippen LogP contribution in [0.2, 0.25) is 0 Å². The standard InChI is InChI=1S/C22H19F6.C12H7Si.2ClH.Zr/c1-12-5-6-13-7-15(20(2,3)4)11-18(13)19(12)14-8-16(21(23,24)25)10-17(9-14)22(26,27)28;1-3-7-11-9(5-1)10-6-2-4-8-12(10)13-11;;;/h5-11H,1-4H3;1-7H;2*1H;/q2*-1;;;+4/p-2. The van der Waals surface area contributed by atoms with E-state index < -0.39 is 44.3 Å². The van der Waals surface area contributed by atoms with Gasteiger partial charge in [-0.05, 0) is 36.1 Å². The molecule has 2 radical (unpaired) electrons. The van der Waals surface area contributed by atoms with Gasteiger partial charge in [0.15, 0.2) is 0 Å². The van der Waals surface area contributed by atoms with Gasteiger partial charge in [-0.3, -0.25) is 0 Å². The van der Waals surface area contributed by atoms with Crippen LogP contribution in [0.3, 0.4) is 0 Å². The minimum absolute atomic E-state index is 0.0868. The molecule has 0 aliphatic carbocycles. The molecule has 0 N–H and O–H groups in total.